The van der Waals surface area contributed by atoms with Crippen molar-refractivity contribution in [3.8, 4) is 18.1 Å². The van der Waals surface area contributed by atoms with Crippen molar-refractivity contribution in [2.45, 2.75) is 12.8 Å². The maximum Gasteiger partial charge on any atom is 0.278 e. The predicted molar refractivity (Wildman–Crippen MR) is 58.2 cm³/mol. The molecule has 4 heteroatoms. The third-order valence-electron chi connectivity index (χ3n) is 1.53. The molecule has 1 rings (SSSR count). The molecule has 0 N–H and O–H groups in total. The Bertz CT molecular complexity index is 391. The number of terminal acetylenes is 1. The lowest BCUT2D eigenvalue weighted by Crippen LogP contribution is -2.20. The first-order chi connectivity index (χ1) is 6.90. The fourth-order valence-electron chi connectivity index (χ4n) is 0.939. The first-order valence-corrected chi connectivity index (χ1v) is 4.98. The number of hydrogen-bond acceptors (Lipinski definition) is 1. The number of ether oxygens (including phenoxy) is 1. The molecule has 0 aromatic heterocycles. The summed E-state index contributed by atoms with van der Waals surface area (Å²) in [7, 11) is 0. The lowest BCUT2D eigenvalue weighted by molar-refractivity contribution is -0.0229. The summed E-state index contributed by atoms with van der Waals surface area (Å²) in [5.74, 6) is -0.108. The molecule has 1 aromatic carbocycles. The van der Waals surface area contributed by atoms with Gasteiger partial charge >= 0.3 is 0 Å². The van der Waals surface area contributed by atoms with Gasteiger partial charge < -0.3 is 4.74 Å². The second kappa shape index (κ2) is 4.63. The fraction of sp³-hybridized carbons (Fsp3) is 0.273. The molecular weight excluding hydrogens is 266 g/mol. The molecular formula is C11H9BrF2O. The Labute approximate surface area is 95.6 Å². The maximum atomic E-state index is 12.5. The van der Waals surface area contributed by atoms with Crippen molar-refractivity contribution in [3.63, 3.8) is 0 Å². The van der Waals surface area contributed by atoms with E-state index >= 15 is 0 Å². The highest BCUT2D eigenvalue weighted by Crippen LogP contribution is 2.22. The molecule has 0 saturated heterocycles. The number of alkyl halides is 2. The highest BCUT2D eigenvalue weighted by molar-refractivity contribution is 9.10. The second-order valence-corrected chi connectivity index (χ2v) is 4.09. The molecule has 1 aromatic rings. The standard InChI is InChI=1S/C11H9BrF2O/c1-3-8-4-9(12)6-10(5-8)15-7-11(2,13)14/h1,4-6H,7H2,2H3. The Morgan fingerprint density at radius 3 is 2.67 bits per heavy atom. The molecule has 0 fully saturated rings. The van der Waals surface area contributed by atoms with Crippen LogP contribution in [-0.2, 0) is 0 Å². The van der Waals surface area contributed by atoms with E-state index in [2.05, 4.69) is 21.9 Å². The van der Waals surface area contributed by atoms with E-state index in [1.165, 1.54) is 6.07 Å². The Kier molecular flexibility index (Phi) is 3.70. The highest BCUT2D eigenvalue weighted by atomic mass is 79.9. The number of hydrogen-bond donors (Lipinski definition) is 0. The minimum atomic E-state index is -2.85. The molecule has 0 amide bonds. The molecule has 0 heterocycles. The Morgan fingerprint density at radius 2 is 2.13 bits per heavy atom. The van der Waals surface area contributed by atoms with Crippen molar-refractivity contribution >= 4 is 15.9 Å². The van der Waals surface area contributed by atoms with Crippen LogP contribution < -0.4 is 4.74 Å². The molecule has 0 aliphatic heterocycles. The zero-order valence-electron chi connectivity index (χ0n) is 8.06. The molecule has 80 valence electrons. The minimum absolute atomic E-state index is 0.332. The molecule has 0 unspecified atom stereocenters. The lowest BCUT2D eigenvalue weighted by Gasteiger charge is -2.12. The van der Waals surface area contributed by atoms with Gasteiger partial charge in [-0.15, -0.1) is 6.42 Å². The Morgan fingerprint density at radius 1 is 1.47 bits per heavy atom. The van der Waals surface area contributed by atoms with Crippen molar-refractivity contribution < 1.29 is 13.5 Å². The monoisotopic (exact) mass is 274 g/mol. The van der Waals surface area contributed by atoms with E-state index in [1.54, 1.807) is 12.1 Å². The molecule has 0 atom stereocenters. The molecule has 15 heavy (non-hydrogen) atoms. The zero-order valence-corrected chi connectivity index (χ0v) is 9.64. The Balaban J connectivity index is 2.78. The largest absolute Gasteiger partial charge is 0.487 e. The van der Waals surface area contributed by atoms with E-state index in [9.17, 15) is 8.78 Å². The van der Waals surface area contributed by atoms with E-state index in [0.29, 0.717) is 15.8 Å². The van der Waals surface area contributed by atoms with Crippen LogP contribution >= 0.6 is 15.9 Å². The van der Waals surface area contributed by atoms with Crippen LogP contribution in [0.15, 0.2) is 22.7 Å². The third kappa shape index (κ3) is 4.30. The predicted octanol–water partition coefficient (Wildman–Crippen LogP) is 3.46. The van der Waals surface area contributed by atoms with Crippen LogP contribution in [0.4, 0.5) is 8.78 Å². The van der Waals surface area contributed by atoms with Gasteiger partial charge in [-0.25, -0.2) is 8.78 Å². The summed E-state index contributed by atoms with van der Waals surface area (Å²) in [6.45, 7) is 0.139. The van der Waals surface area contributed by atoms with Gasteiger partial charge in [-0.05, 0) is 18.2 Å². The zero-order chi connectivity index (χ0) is 11.5. The molecule has 0 saturated carbocycles. The summed E-state index contributed by atoms with van der Waals surface area (Å²) in [5, 5.41) is 0. The van der Waals surface area contributed by atoms with Crippen LogP contribution in [0.2, 0.25) is 0 Å². The SMILES string of the molecule is C#Cc1cc(Br)cc(OCC(C)(F)F)c1. The quantitative estimate of drug-likeness (QED) is 0.767. The van der Waals surface area contributed by atoms with Crippen LogP contribution in [-0.4, -0.2) is 12.5 Å². The summed E-state index contributed by atoms with van der Waals surface area (Å²) in [4.78, 5) is 0. The lowest BCUT2D eigenvalue weighted by atomic mass is 10.2. The van der Waals surface area contributed by atoms with Crippen LogP contribution in [0, 0.1) is 12.3 Å². The summed E-state index contributed by atoms with van der Waals surface area (Å²) in [5.41, 5.74) is 0.582. The molecule has 0 bridgehead atoms. The van der Waals surface area contributed by atoms with Gasteiger partial charge in [0.2, 0.25) is 0 Å². The minimum Gasteiger partial charge on any atom is -0.487 e. The van der Waals surface area contributed by atoms with Crippen molar-refractivity contribution in [2.24, 2.45) is 0 Å². The number of rotatable bonds is 3. The van der Waals surface area contributed by atoms with E-state index in [-0.39, 0.29) is 0 Å². The molecule has 0 radical (unpaired) electrons. The van der Waals surface area contributed by atoms with E-state index in [0.717, 1.165) is 6.92 Å². The topological polar surface area (TPSA) is 9.23 Å². The van der Waals surface area contributed by atoms with Crippen molar-refractivity contribution in [1.82, 2.24) is 0 Å². The van der Waals surface area contributed by atoms with Gasteiger partial charge in [-0.3, -0.25) is 0 Å². The van der Waals surface area contributed by atoms with Gasteiger partial charge in [0.25, 0.3) is 5.92 Å². The average molecular weight is 275 g/mol. The van der Waals surface area contributed by atoms with Crippen molar-refractivity contribution in [2.75, 3.05) is 6.61 Å². The summed E-state index contributed by atoms with van der Waals surface area (Å²) >= 11 is 3.21. The first kappa shape index (κ1) is 12.0. The molecule has 1 nitrogen and oxygen atoms in total. The van der Waals surface area contributed by atoms with Crippen LogP contribution in [0.25, 0.3) is 0 Å². The van der Waals surface area contributed by atoms with Gasteiger partial charge in [0.1, 0.15) is 5.75 Å². The van der Waals surface area contributed by atoms with Crippen molar-refractivity contribution in [3.05, 3.63) is 28.2 Å². The van der Waals surface area contributed by atoms with Gasteiger partial charge in [-0.2, -0.15) is 0 Å². The molecule has 0 aliphatic rings. The van der Waals surface area contributed by atoms with E-state index in [4.69, 9.17) is 11.2 Å². The van der Waals surface area contributed by atoms with Crippen molar-refractivity contribution in [1.29, 1.82) is 0 Å². The van der Waals surface area contributed by atoms with Gasteiger partial charge in [0.15, 0.2) is 6.61 Å². The average Bonchev–Trinajstić information content (AvgIpc) is 2.13. The summed E-state index contributed by atoms with van der Waals surface area (Å²) in [6.07, 6.45) is 5.20. The highest BCUT2D eigenvalue weighted by Gasteiger charge is 2.22. The number of benzene rings is 1. The fourth-order valence-corrected chi connectivity index (χ4v) is 1.41. The van der Waals surface area contributed by atoms with Gasteiger partial charge in [-0.1, -0.05) is 21.9 Å². The summed E-state index contributed by atoms with van der Waals surface area (Å²) in [6, 6.07) is 4.83. The van der Waals surface area contributed by atoms with Gasteiger partial charge in [0, 0.05) is 17.0 Å². The third-order valence-corrected chi connectivity index (χ3v) is 1.99. The van der Waals surface area contributed by atoms with Crippen LogP contribution in [0.5, 0.6) is 5.75 Å². The molecule has 0 aliphatic carbocycles. The maximum absolute atomic E-state index is 12.5. The van der Waals surface area contributed by atoms with Crippen LogP contribution in [0.1, 0.15) is 12.5 Å². The normalized spacial score (nSPS) is 10.9. The van der Waals surface area contributed by atoms with Crippen LogP contribution in [0.3, 0.4) is 0 Å². The van der Waals surface area contributed by atoms with E-state index in [1.807, 2.05) is 0 Å². The molecule has 0 spiro atoms. The summed E-state index contributed by atoms with van der Waals surface area (Å²) < 4.78 is 30.6. The second-order valence-electron chi connectivity index (χ2n) is 3.18. The smallest absolute Gasteiger partial charge is 0.278 e. The number of halogens is 3. The Hall–Kier alpha value is -1.08. The van der Waals surface area contributed by atoms with Gasteiger partial charge in [0.05, 0.1) is 0 Å². The van der Waals surface area contributed by atoms with E-state index < -0.39 is 12.5 Å². The first-order valence-electron chi connectivity index (χ1n) is 4.18.